The maximum absolute atomic E-state index is 13.9. The van der Waals surface area contributed by atoms with Gasteiger partial charge in [0.1, 0.15) is 11.9 Å². The minimum Gasteiger partial charge on any atom is -0.341 e. The highest BCUT2D eigenvalue weighted by molar-refractivity contribution is 5.83. The second kappa shape index (κ2) is 6.05. The molecule has 1 aliphatic rings. The van der Waals surface area contributed by atoms with Gasteiger partial charge in [-0.25, -0.2) is 13.2 Å². The van der Waals surface area contributed by atoms with E-state index in [0.29, 0.717) is 0 Å². The predicted molar refractivity (Wildman–Crippen MR) is 73.6 cm³/mol. The number of alkyl halides is 2. The summed E-state index contributed by atoms with van der Waals surface area (Å²) in [6, 6.07) is 5.27. The summed E-state index contributed by atoms with van der Waals surface area (Å²) in [5, 5.41) is 0. The highest BCUT2D eigenvalue weighted by Crippen LogP contribution is 2.30. The van der Waals surface area contributed by atoms with Crippen LogP contribution in [0.5, 0.6) is 0 Å². The second-order valence-electron chi connectivity index (χ2n) is 5.57. The van der Waals surface area contributed by atoms with Crippen molar-refractivity contribution in [2.24, 2.45) is 0 Å². The number of hydrogen-bond donors (Lipinski definition) is 0. The van der Waals surface area contributed by atoms with Crippen LogP contribution in [0.25, 0.3) is 0 Å². The smallest absolute Gasteiger partial charge is 0.251 e. The number of carbonyl (C=O) groups is 1. The van der Waals surface area contributed by atoms with Gasteiger partial charge in [0.2, 0.25) is 5.91 Å². The summed E-state index contributed by atoms with van der Waals surface area (Å²) in [5.74, 6) is -3.50. The first-order valence-corrected chi connectivity index (χ1v) is 6.89. The normalized spacial score (nSPS) is 19.6. The number of likely N-dealkylation sites (N-methyl/N-ethyl adjacent to an activating group) is 1. The first-order chi connectivity index (χ1) is 9.82. The third-order valence-corrected chi connectivity index (χ3v) is 3.76. The largest absolute Gasteiger partial charge is 0.341 e. The fraction of sp³-hybridized carbons (Fsp3) is 0.533. The van der Waals surface area contributed by atoms with Gasteiger partial charge in [-0.3, -0.25) is 9.69 Å². The fourth-order valence-corrected chi connectivity index (χ4v) is 2.56. The predicted octanol–water partition coefficient (Wildman–Crippen LogP) is 2.69. The Kier molecular flexibility index (Phi) is 4.56. The summed E-state index contributed by atoms with van der Waals surface area (Å²) in [4.78, 5) is 15.6. The van der Waals surface area contributed by atoms with E-state index < -0.39 is 17.8 Å². The first kappa shape index (κ1) is 15.8. The number of piperidine rings is 1. The highest BCUT2D eigenvalue weighted by Gasteiger charge is 2.38. The molecule has 0 radical (unpaired) electrons. The van der Waals surface area contributed by atoms with Gasteiger partial charge in [0.05, 0.1) is 0 Å². The van der Waals surface area contributed by atoms with Crippen molar-refractivity contribution in [3.63, 3.8) is 0 Å². The second-order valence-corrected chi connectivity index (χ2v) is 5.57. The number of amides is 1. The van der Waals surface area contributed by atoms with Crippen molar-refractivity contribution in [3.05, 3.63) is 35.6 Å². The molecule has 0 N–H and O–H groups in total. The molecular formula is C15H19F3N2O. The first-order valence-electron chi connectivity index (χ1n) is 6.89. The quantitative estimate of drug-likeness (QED) is 0.857. The van der Waals surface area contributed by atoms with Gasteiger partial charge in [-0.05, 0) is 20.2 Å². The van der Waals surface area contributed by atoms with Crippen LogP contribution in [0.3, 0.4) is 0 Å². The van der Waals surface area contributed by atoms with E-state index in [-0.39, 0.29) is 37.4 Å². The lowest BCUT2D eigenvalue weighted by Crippen LogP contribution is -2.47. The Morgan fingerprint density at radius 3 is 2.33 bits per heavy atom. The van der Waals surface area contributed by atoms with Gasteiger partial charge in [-0.15, -0.1) is 0 Å². The van der Waals surface area contributed by atoms with E-state index in [2.05, 4.69) is 0 Å². The highest BCUT2D eigenvalue weighted by atomic mass is 19.3. The van der Waals surface area contributed by atoms with Crippen LogP contribution in [0, 0.1) is 5.82 Å². The van der Waals surface area contributed by atoms with Crippen molar-refractivity contribution < 1.29 is 18.0 Å². The molecule has 1 fully saturated rings. The summed E-state index contributed by atoms with van der Waals surface area (Å²) in [6.45, 7) is 0.00918. The fourth-order valence-electron chi connectivity index (χ4n) is 2.56. The van der Waals surface area contributed by atoms with Crippen molar-refractivity contribution >= 4 is 5.91 Å². The maximum atomic E-state index is 13.9. The molecule has 1 amide bonds. The average molecular weight is 300 g/mol. The van der Waals surface area contributed by atoms with Crippen LogP contribution in [0.1, 0.15) is 24.4 Å². The topological polar surface area (TPSA) is 23.6 Å². The van der Waals surface area contributed by atoms with Crippen LogP contribution in [0.2, 0.25) is 0 Å². The standard InChI is InChI=1S/C15H19F3N2O/c1-19(2)13(11-5-3-4-6-12(11)16)14(21)20-9-7-15(17,18)8-10-20/h3-6,13H,7-10H2,1-2H3/t13-/m0/s1. The van der Waals surface area contributed by atoms with E-state index in [9.17, 15) is 18.0 Å². The van der Waals surface area contributed by atoms with Crippen molar-refractivity contribution in [1.29, 1.82) is 0 Å². The Balaban J connectivity index is 2.20. The molecule has 1 aromatic carbocycles. The molecule has 1 aromatic rings. The van der Waals surface area contributed by atoms with Gasteiger partial charge in [0.15, 0.2) is 0 Å². The number of likely N-dealkylation sites (tertiary alicyclic amines) is 1. The summed E-state index contributed by atoms with van der Waals surface area (Å²) < 4.78 is 40.3. The Hall–Kier alpha value is -1.56. The zero-order valence-corrected chi connectivity index (χ0v) is 12.2. The summed E-state index contributed by atoms with van der Waals surface area (Å²) >= 11 is 0. The average Bonchev–Trinajstić information content (AvgIpc) is 2.40. The SMILES string of the molecule is CN(C)[C@H](C(=O)N1CCC(F)(F)CC1)c1ccccc1F. The lowest BCUT2D eigenvalue weighted by Gasteiger charge is -2.35. The molecule has 2 rings (SSSR count). The van der Waals surface area contributed by atoms with E-state index in [0.717, 1.165) is 0 Å². The molecule has 1 atom stereocenters. The lowest BCUT2D eigenvalue weighted by molar-refractivity contribution is -0.142. The Morgan fingerprint density at radius 1 is 1.24 bits per heavy atom. The third-order valence-electron chi connectivity index (χ3n) is 3.76. The van der Waals surface area contributed by atoms with Crippen molar-refractivity contribution in [1.82, 2.24) is 9.80 Å². The number of nitrogens with zero attached hydrogens (tertiary/aromatic N) is 2. The van der Waals surface area contributed by atoms with Crippen LogP contribution in [0.4, 0.5) is 13.2 Å². The Bertz CT molecular complexity index is 509. The van der Waals surface area contributed by atoms with Gasteiger partial charge in [-0.2, -0.15) is 0 Å². The number of halogens is 3. The molecule has 0 spiro atoms. The Morgan fingerprint density at radius 2 is 1.81 bits per heavy atom. The summed E-state index contributed by atoms with van der Waals surface area (Å²) in [5.41, 5.74) is 0.268. The third kappa shape index (κ3) is 3.56. The van der Waals surface area contributed by atoms with Crippen molar-refractivity contribution in [2.45, 2.75) is 24.8 Å². The molecule has 0 aliphatic carbocycles. The number of benzene rings is 1. The van der Waals surface area contributed by atoms with Crippen LogP contribution in [-0.4, -0.2) is 48.8 Å². The zero-order valence-electron chi connectivity index (χ0n) is 12.2. The Labute approximate surface area is 122 Å². The van der Waals surface area contributed by atoms with Gasteiger partial charge in [0.25, 0.3) is 5.92 Å². The van der Waals surface area contributed by atoms with E-state index in [1.165, 1.54) is 11.0 Å². The van der Waals surface area contributed by atoms with Crippen LogP contribution >= 0.6 is 0 Å². The van der Waals surface area contributed by atoms with Gasteiger partial charge in [-0.1, -0.05) is 18.2 Å². The number of carbonyl (C=O) groups excluding carboxylic acids is 1. The van der Waals surface area contributed by atoms with Crippen molar-refractivity contribution in [3.8, 4) is 0 Å². The molecule has 1 heterocycles. The molecule has 0 bridgehead atoms. The lowest BCUT2D eigenvalue weighted by atomic mass is 10.0. The summed E-state index contributed by atoms with van der Waals surface area (Å²) in [7, 11) is 3.35. The molecule has 0 aromatic heterocycles. The van der Waals surface area contributed by atoms with Gasteiger partial charge in [0, 0.05) is 31.5 Å². The molecule has 0 unspecified atom stereocenters. The number of rotatable bonds is 3. The van der Waals surface area contributed by atoms with E-state index in [4.69, 9.17) is 0 Å². The zero-order chi connectivity index (χ0) is 15.6. The maximum Gasteiger partial charge on any atom is 0.251 e. The van der Waals surface area contributed by atoms with Crippen LogP contribution in [0.15, 0.2) is 24.3 Å². The molecule has 3 nitrogen and oxygen atoms in total. The monoisotopic (exact) mass is 300 g/mol. The van der Waals surface area contributed by atoms with Crippen LogP contribution < -0.4 is 0 Å². The minimum absolute atomic E-state index is 0.00459. The summed E-state index contributed by atoms with van der Waals surface area (Å²) in [6.07, 6.45) is -0.674. The van der Waals surface area contributed by atoms with Crippen LogP contribution in [-0.2, 0) is 4.79 Å². The van der Waals surface area contributed by atoms with Crippen molar-refractivity contribution in [2.75, 3.05) is 27.2 Å². The molecule has 6 heteroatoms. The number of hydrogen-bond acceptors (Lipinski definition) is 2. The molecule has 1 aliphatic heterocycles. The molecule has 0 saturated carbocycles. The molecular weight excluding hydrogens is 281 g/mol. The van der Waals surface area contributed by atoms with Gasteiger partial charge >= 0.3 is 0 Å². The van der Waals surface area contributed by atoms with E-state index >= 15 is 0 Å². The molecule has 21 heavy (non-hydrogen) atoms. The minimum atomic E-state index is -2.71. The van der Waals surface area contributed by atoms with E-state index in [1.54, 1.807) is 37.2 Å². The van der Waals surface area contributed by atoms with Gasteiger partial charge < -0.3 is 4.90 Å². The molecule has 116 valence electrons. The van der Waals surface area contributed by atoms with E-state index in [1.807, 2.05) is 0 Å². The molecule has 1 saturated heterocycles.